The molecule has 1 atom stereocenters. The van der Waals surface area contributed by atoms with E-state index in [1.54, 1.807) is 0 Å². The van der Waals surface area contributed by atoms with Crippen molar-refractivity contribution in [3.63, 3.8) is 0 Å². The normalized spacial score (nSPS) is 17.1. The van der Waals surface area contributed by atoms with Gasteiger partial charge in [0.15, 0.2) is 0 Å². The number of halogens is 8. The smallest absolute Gasteiger partial charge is 0.372 e. The second-order valence-electron chi connectivity index (χ2n) is 2.91. The van der Waals surface area contributed by atoms with Gasteiger partial charge in [0, 0.05) is 0 Å². The fraction of sp³-hybridized carbons (Fsp3) is 0.500. The zero-order valence-electron chi connectivity index (χ0n) is 8.13. The number of hydrogen-bond acceptors (Lipinski definition) is 1. The summed E-state index contributed by atoms with van der Waals surface area (Å²) in [5.41, 5.74) is -5.04. The van der Waals surface area contributed by atoms with Crippen LogP contribution in [0.25, 0.3) is 0 Å². The fourth-order valence-electron chi connectivity index (χ4n) is 0.904. The minimum atomic E-state index is -6.03. The van der Waals surface area contributed by atoms with Crippen LogP contribution in [0.2, 0.25) is 0 Å². The van der Waals surface area contributed by atoms with Gasteiger partial charge in [-0.25, -0.2) is 0 Å². The molecule has 0 aromatic heterocycles. The van der Waals surface area contributed by atoms with E-state index in [1.807, 2.05) is 0 Å². The molecule has 1 unspecified atom stereocenters. The molecule has 0 saturated carbocycles. The van der Waals surface area contributed by atoms with Gasteiger partial charge in [0.25, 0.3) is 0 Å². The molecule has 0 heterocycles. The summed E-state index contributed by atoms with van der Waals surface area (Å²) in [6.07, 6.45) is -9.84. The third kappa shape index (κ3) is 2.59. The van der Waals surface area contributed by atoms with E-state index in [0.29, 0.717) is 6.08 Å². The predicted molar refractivity (Wildman–Crippen MR) is 41.1 cm³/mol. The Morgan fingerprint density at radius 3 is 1.65 bits per heavy atom. The van der Waals surface area contributed by atoms with Crippen LogP contribution < -0.4 is 0 Å². The molecule has 0 aliphatic heterocycles. The minimum absolute atomic E-state index is 0.338. The van der Waals surface area contributed by atoms with Crippen molar-refractivity contribution in [3.8, 4) is 0 Å². The van der Waals surface area contributed by atoms with Gasteiger partial charge in [-0.05, 0) is 13.0 Å². The van der Waals surface area contributed by atoms with Crippen molar-refractivity contribution in [1.29, 1.82) is 0 Å². The third-order valence-corrected chi connectivity index (χ3v) is 1.76. The van der Waals surface area contributed by atoms with Gasteiger partial charge < -0.3 is 5.11 Å². The van der Waals surface area contributed by atoms with E-state index >= 15 is 0 Å². The summed E-state index contributed by atoms with van der Waals surface area (Å²) in [5.74, 6) is -9.45. The Bertz CT molecular complexity index is 338. The van der Waals surface area contributed by atoms with Gasteiger partial charge in [-0.2, -0.15) is 35.1 Å². The van der Waals surface area contributed by atoms with Crippen LogP contribution in [0, 0.1) is 0 Å². The molecular weight excluding hydrogens is 264 g/mol. The first-order valence-electron chi connectivity index (χ1n) is 3.93. The monoisotopic (exact) mass is 270 g/mol. The summed E-state index contributed by atoms with van der Waals surface area (Å²) in [7, 11) is 0. The molecule has 0 fully saturated rings. The van der Waals surface area contributed by atoms with Gasteiger partial charge in [-0.1, -0.05) is 6.08 Å². The van der Waals surface area contributed by atoms with Crippen LogP contribution in [-0.4, -0.2) is 22.8 Å². The van der Waals surface area contributed by atoms with Crippen molar-refractivity contribution in [2.24, 2.45) is 0 Å². The van der Waals surface area contributed by atoms with Gasteiger partial charge in [-0.15, -0.1) is 0 Å². The Balaban J connectivity index is 5.91. The highest BCUT2D eigenvalue weighted by atomic mass is 19.4. The Labute approximate surface area is 90.0 Å². The molecule has 9 heteroatoms. The van der Waals surface area contributed by atoms with E-state index in [-0.39, 0.29) is 0 Å². The van der Waals surface area contributed by atoms with Crippen LogP contribution >= 0.6 is 0 Å². The summed E-state index contributed by atoms with van der Waals surface area (Å²) in [4.78, 5) is 0. The number of alkyl halides is 5. The first-order chi connectivity index (χ1) is 7.41. The van der Waals surface area contributed by atoms with Gasteiger partial charge in [-0.3, -0.25) is 0 Å². The van der Waals surface area contributed by atoms with Crippen LogP contribution in [0.5, 0.6) is 0 Å². The first kappa shape index (κ1) is 15.9. The molecule has 100 valence electrons. The lowest BCUT2D eigenvalue weighted by molar-refractivity contribution is -0.304. The summed E-state index contributed by atoms with van der Waals surface area (Å²) in [6.45, 7) is 0.820. The molecule has 0 radical (unpaired) electrons. The minimum Gasteiger partial charge on any atom is -0.372 e. The van der Waals surface area contributed by atoms with Crippen LogP contribution in [0.1, 0.15) is 6.92 Å². The van der Waals surface area contributed by atoms with Crippen molar-refractivity contribution < 1.29 is 40.2 Å². The SMILES string of the molecule is CC=CC(O)(C(F)(F)F)C(F)(F)C(F)=C(F)F. The molecule has 0 aromatic carbocycles. The van der Waals surface area contributed by atoms with E-state index < -0.39 is 35.7 Å². The largest absolute Gasteiger partial charge is 0.427 e. The van der Waals surface area contributed by atoms with Gasteiger partial charge in [0.1, 0.15) is 0 Å². The van der Waals surface area contributed by atoms with E-state index in [1.165, 1.54) is 0 Å². The van der Waals surface area contributed by atoms with Gasteiger partial charge >= 0.3 is 18.2 Å². The highest BCUT2D eigenvalue weighted by Crippen LogP contribution is 2.48. The Morgan fingerprint density at radius 2 is 1.41 bits per heavy atom. The highest BCUT2D eigenvalue weighted by molar-refractivity contribution is 5.23. The zero-order valence-corrected chi connectivity index (χ0v) is 8.13. The Kier molecular flexibility index (Phi) is 4.33. The second kappa shape index (κ2) is 4.63. The number of hydrogen-bond donors (Lipinski definition) is 1. The molecule has 0 aliphatic rings. The van der Waals surface area contributed by atoms with Gasteiger partial charge in [0.05, 0.1) is 0 Å². The molecule has 0 rings (SSSR count). The van der Waals surface area contributed by atoms with Crippen LogP contribution in [-0.2, 0) is 0 Å². The molecule has 0 aromatic rings. The van der Waals surface area contributed by atoms with Gasteiger partial charge in [0.2, 0.25) is 11.4 Å². The molecule has 0 aliphatic carbocycles. The van der Waals surface area contributed by atoms with E-state index in [4.69, 9.17) is 5.11 Å². The van der Waals surface area contributed by atoms with Crippen molar-refractivity contribution in [2.45, 2.75) is 24.6 Å². The summed E-state index contributed by atoms with van der Waals surface area (Å²) >= 11 is 0. The lowest BCUT2D eigenvalue weighted by atomic mass is 9.93. The van der Waals surface area contributed by atoms with Crippen molar-refractivity contribution >= 4 is 0 Å². The molecule has 17 heavy (non-hydrogen) atoms. The van der Waals surface area contributed by atoms with Crippen molar-refractivity contribution in [3.05, 3.63) is 24.1 Å². The maximum Gasteiger partial charge on any atom is 0.427 e. The summed E-state index contributed by atoms with van der Waals surface area (Å²) in [6, 6.07) is 0. The molecular formula is C8H6F8O. The standard InChI is InChI=1S/C8H6F8O/c1-2-3-6(17,8(14,15)16)7(12,13)4(9)5(10)11/h2-3,17H,1H3. The quantitative estimate of drug-likeness (QED) is 0.614. The average Bonchev–Trinajstić information content (AvgIpc) is 2.14. The first-order valence-corrected chi connectivity index (χ1v) is 3.93. The van der Waals surface area contributed by atoms with E-state index in [2.05, 4.69) is 0 Å². The maximum atomic E-state index is 12.9. The Hall–Kier alpha value is -1.12. The third-order valence-electron chi connectivity index (χ3n) is 1.76. The summed E-state index contributed by atoms with van der Waals surface area (Å²) in [5, 5.41) is 8.73. The molecule has 0 spiro atoms. The molecule has 0 bridgehead atoms. The Morgan fingerprint density at radius 1 is 1.00 bits per heavy atom. The number of allylic oxidation sites excluding steroid dienone is 1. The van der Waals surface area contributed by atoms with Crippen molar-refractivity contribution in [2.75, 3.05) is 0 Å². The highest BCUT2D eigenvalue weighted by Gasteiger charge is 2.70. The fourth-order valence-corrected chi connectivity index (χ4v) is 0.904. The molecule has 1 nitrogen and oxygen atoms in total. The predicted octanol–water partition coefficient (Wildman–Crippen LogP) is 3.57. The van der Waals surface area contributed by atoms with Crippen LogP contribution in [0.4, 0.5) is 35.1 Å². The molecule has 0 amide bonds. The van der Waals surface area contributed by atoms with E-state index in [0.717, 1.165) is 6.92 Å². The van der Waals surface area contributed by atoms with Crippen LogP contribution in [0.3, 0.4) is 0 Å². The summed E-state index contributed by atoms with van der Waals surface area (Å²) < 4.78 is 97.9. The second-order valence-corrected chi connectivity index (χ2v) is 2.91. The molecule has 0 saturated heterocycles. The zero-order chi connectivity index (χ0) is 14.1. The topological polar surface area (TPSA) is 20.2 Å². The maximum absolute atomic E-state index is 12.9. The van der Waals surface area contributed by atoms with Crippen LogP contribution in [0.15, 0.2) is 24.1 Å². The average molecular weight is 270 g/mol. The lowest BCUT2D eigenvalue weighted by Gasteiger charge is -2.33. The molecule has 1 N–H and O–H groups in total. The number of aliphatic hydroxyl groups is 1. The van der Waals surface area contributed by atoms with E-state index in [9.17, 15) is 35.1 Å². The lowest BCUT2D eigenvalue weighted by Crippen LogP contribution is -2.57. The number of rotatable bonds is 3. The van der Waals surface area contributed by atoms with Crippen molar-refractivity contribution in [1.82, 2.24) is 0 Å².